The molecule has 0 N–H and O–H groups in total. The van der Waals surface area contributed by atoms with Gasteiger partial charge >= 0.3 is 11.7 Å². The molecule has 0 aromatic rings. The molecule has 1 aliphatic rings. The molecule has 0 aliphatic heterocycles. The highest BCUT2D eigenvalue weighted by Gasteiger charge is 2.66. The fourth-order valence-corrected chi connectivity index (χ4v) is 1.51. The minimum Gasteiger partial charge on any atom is -0.300 e. The Morgan fingerprint density at radius 3 is 2.00 bits per heavy atom. The predicted molar refractivity (Wildman–Crippen MR) is 39.3 cm³/mol. The normalized spacial score (nSPS) is 22.1. The highest BCUT2D eigenvalue weighted by molar-refractivity contribution is 5.79. The molecule has 0 radical (unpaired) electrons. The Hall–Kier alpha value is -1.14. The maximum atomic E-state index is 12.4. The number of halogens is 3. The number of ketones is 1. The predicted octanol–water partition coefficient (Wildman–Crippen LogP) is 1.71. The van der Waals surface area contributed by atoms with Crippen LogP contribution in [0.3, 0.4) is 0 Å². The van der Waals surface area contributed by atoms with Crippen molar-refractivity contribution < 1.29 is 22.9 Å². The lowest BCUT2D eigenvalue weighted by Gasteiger charge is -2.29. The van der Waals surface area contributed by atoms with Crippen LogP contribution in [-0.4, -0.2) is 22.4 Å². The molecule has 0 unspecified atom stereocenters. The molecule has 1 saturated carbocycles. The summed E-state index contributed by atoms with van der Waals surface area (Å²) in [7, 11) is 0. The van der Waals surface area contributed by atoms with Crippen molar-refractivity contribution in [3.63, 3.8) is 0 Å². The average Bonchev–Trinajstić information content (AvgIpc) is 2.02. The van der Waals surface area contributed by atoms with Gasteiger partial charge in [0.1, 0.15) is 5.78 Å². The molecule has 0 atom stereocenters. The lowest BCUT2D eigenvalue weighted by Crippen LogP contribution is -2.54. The number of hydrogen-bond donors (Lipinski definition) is 0. The number of Topliss-reactive ketones (excluding diaryl/α,β-unsaturated/α-hetero) is 1. The van der Waals surface area contributed by atoms with Crippen LogP contribution in [0.1, 0.15) is 25.7 Å². The standard InChI is InChI=1S/C7H8F3NO3/c8-7(9,10)6(11(13)14)3-1-5(12)2-4-6/h1-4H2. The minimum absolute atomic E-state index is 0.341. The Morgan fingerprint density at radius 2 is 1.71 bits per heavy atom. The Balaban J connectivity index is 2.96. The van der Waals surface area contributed by atoms with Crippen molar-refractivity contribution in [3.05, 3.63) is 10.1 Å². The number of rotatable bonds is 1. The summed E-state index contributed by atoms with van der Waals surface area (Å²) < 4.78 is 37.3. The number of nitrogens with zero attached hydrogens (tertiary/aromatic N) is 1. The zero-order chi connectivity index (χ0) is 11.0. The van der Waals surface area contributed by atoms with Crippen molar-refractivity contribution in [2.75, 3.05) is 0 Å². The van der Waals surface area contributed by atoms with Crippen molar-refractivity contribution in [3.8, 4) is 0 Å². The van der Waals surface area contributed by atoms with Gasteiger partial charge in [-0.15, -0.1) is 0 Å². The fraction of sp³-hybridized carbons (Fsp3) is 0.857. The Morgan fingerprint density at radius 1 is 1.29 bits per heavy atom. The molecule has 1 rings (SSSR count). The summed E-state index contributed by atoms with van der Waals surface area (Å²) >= 11 is 0. The van der Waals surface area contributed by atoms with Gasteiger partial charge in [-0.1, -0.05) is 0 Å². The van der Waals surface area contributed by atoms with E-state index in [0.717, 1.165) is 0 Å². The first kappa shape index (κ1) is 10.9. The van der Waals surface area contributed by atoms with Crippen molar-refractivity contribution >= 4 is 5.78 Å². The molecule has 0 saturated heterocycles. The molecule has 0 bridgehead atoms. The van der Waals surface area contributed by atoms with Crippen LogP contribution in [0.15, 0.2) is 0 Å². The summed E-state index contributed by atoms with van der Waals surface area (Å²) in [6.07, 6.45) is -7.07. The number of nitro groups is 1. The zero-order valence-corrected chi connectivity index (χ0v) is 7.13. The van der Waals surface area contributed by atoms with Crippen LogP contribution in [-0.2, 0) is 4.79 Å². The van der Waals surface area contributed by atoms with E-state index >= 15 is 0 Å². The van der Waals surface area contributed by atoms with Crippen LogP contribution < -0.4 is 0 Å². The second kappa shape index (κ2) is 3.21. The molecule has 4 nitrogen and oxygen atoms in total. The number of alkyl halides is 3. The van der Waals surface area contributed by atoms with Crippen molar-refractivity contribution in [1.82, 2.24) is 0 Å². The topological polar surface area (TPSA) is 60.2 Å². The second-order valence-corrected chi connectivity index (χ2v) is 3.33. The van der Waals surface area contributed by atoms with Crippen LogP contribution in [0.5, 0.6) is 0 Å². The van der Waals surface area contributed by atoms with Crippen molar-refractivity contribution in [2.24, 2.45) is 0 Å². The fourth-order valence-electron chi connectivity index (χ4n) is 1.51. The molecule has 0 spiro atoms. The van der Waals surface area contributed by atoms with E-state index in [-0.39, 0.29) is 18.6 Å². The van der Waals surface area contributed by atoms with Gasteiger partial charge in [0.05, 0.1) is 0 Å². The molecule has 1 fully saturated rings. The van der Waals surface area contributed by atoms with Crippen LogP contribution in [0.25, 0.3) is 0 Å². The first-order chi connectivity index (χ1) is 6.29. The summed E-state index contributed by atoms with van der Waals surface area (Å²) in [5, 5.41) is 10.4. The first-order valence-corrected chi connectivity index (χ1v) is 4.02. The quantitative estimate of drug-likeness (QED) is 0.490. The molecule has 7 heteroatoms. The summed E-state index contributed by atoms with van der Waals surface area (Å²) in [5.41, 5.74) is -2.90. The Labute approximate surface area is 77.2 Å². The molecular weight excluding hydrogens is 203 g/mol. The zero-order valence-electron chi connectivity index (χ0n) is 7.13. The van der Waals surface area contributed by atoms with Gasteiger partial charge in [-0.05, 0) is 0 Å². The minimum atomic E-state index is -4.88. The van der Waals surface area contributed by atoms with E-state index in [4.69, 9.17) is 0 Å². The summed E-state index contributed by atoms with van der Waals surface area (Å²) in [5.74, 6) is -0.341. The SMILES string of the molecule is O=C1CCC([N+](=O)[O-])(C(F)(F)F)CC1. The molecule has 14 heavy (non-hydrogen) atoms. The van der Waals surface area contributed by atoms with Crippen LogP contribution >= 0.6 is 0 Å². The molecule has 0 aromatic heterocycles. The lowest BCUT2D eigenvalue weighted by molar-refractivity contribution is -0.616. The third-order valence-corrected chi connectivity index (χ3v) is 2.51. The smallest absolute Gasteiger partial charge is 0.300 e. The van der Waals surface area contributed by atoms with Gasteiger partial charge in [0.25, 0.3) is 0 Å². The number of hydrogen-bond acceptors (Lipinski definition) is 3. The summed E-state index contributed by atoms with van der Waals surface area (Å²) in [6.45, 7) is 0. The Kier molecular flexibility index (Phi) is 2.51. The molecule has 1 aliphatic carbocycles. The van der Waals surface area contributed by atoms with Gasteiger partial charge in [-0.3, -0.25) is 14.9 Å². The summed E-state index contributed by atoms with van der Waals surface area (Å²) in [6, 6.07) is 0. The molecular formula is C7H8F3NO3. The van der Waals surface area contributed by atoms with Crippen LogP contribution in [0.2, 0.25) is 0 Å². The van der Waals surface area contributed by atoms with E-state index in [1.165, 1.54) is 0 Å². The maximum Gasteiger partial charge on any atom is 0.460 e. The van der Waals surface area contributed by atoms with E-state index in [1.54, 1.807) is 0 Å². The average molecular weight is 211 g/mol. The second-order valence-electron chi connectivity index (χ2n) is 3.33. The maximum absolute atomic E-state index is 12.4. The van der Waals surface area contributed by atoms with E-state index in [0.29, 0.717) is 0 Å². The van der Waals surface area contributed by atoms with E-state index in [1.807, 2.05) is 0 Å². The molecule has 0 amide bonds. The highest BCUT2D eigenvalue weighted by Crippen LogP contribution is 2.42. The first-order valence-electron chi connectivity index (χ1n) is 4.02. The van der Waals surface area contributed by atoms with Crippen molar-refractivity contribution in [1.29, 1.82) is 0 Å². The highest BCUT2D eigenvalue weighted by atomic mass is 19.4. The third-order valence-electron chi connectivity index (χ3n) is 2.51. The van der Waals surface area contributed by atoms with Gasteiger partial charge < -0.3 is 0 Å². The van der Waals surface area contributed by atoms with Gasteiger partial charge in [0, 0.05) is 30.6 Å². The van der Waals surface area contributed by atoms with E-state index < -0.39 is 29.5 Å². The third kappa shape index (κ3) is 1.58. The van der Waals surface area contributed by atoms with Gasteiger partial charge in [0.2, 0.25) is 0 Å². The molecule has 0 aromatic carbocycles. The monoisotopic (exact) mass is 211 g/mol. The molecule has 80 valence electrons. The van der Waals surface area contributed by atoms with E-state index in [2.05, 4.69) is 0 Å². The lowest BCUT2D eigenvalue weighted by atomic mass is 9.81. The number of carbonyl (C=O) groups is 1. The summed E-state index contributed by atoms with van der Waals surface area (Å²) in [4.78, 5) is 19.8. The van der Waals surface area contributed by atoms with Gasteiger partial charge in [-0.2, -0.15) is 13.2 Å². The van der Waals surface area contributed by atoms with Gasteiger partial charge in [0.15, 0.2) is 0 Å². The molecule has 0 heterocycles. The van der Waals surface area contributed by atoms with Crippen LogP contribution in [0, 0.1) is 10.1 Å². The van der Waals surface area contributed by atoms with Crippen LogP contribution in [0.4, 0.5) is 13.2 Å². The largest absolute Gasteiger partial charge is 0.460 e. The van der Waals surface area contributed by atoms with Crippen molar-refractivity contribution in [2.45, 2.75) is 37.4 Å². The van der Waals surface area contributed by atoms with Gasteiger partial charge in [-0.25, -0.2) is 0 Å². The Bertz CT molecular complexity index is 264. The number of carbonyl (C=O) groups excluding carboxylic acids is 1. The van der Waals surface area contributed by atoms with E-state index in [9.17, 15) is 28.1 Å².